The first-order valence-corrected chi connectivity index (χ1v) is 6.24. The van der Waals surface area contributed by atoms with E-state index >= 15 is 0 Å². The second kappa shape index (κ2) is 3.67. The number of aromatic amines is 1. The van der Waals surface area contributed by atoms with Gasteiger partial charge >= 0.3 is 0 Å². The van der Waals surface area contributed by atoms with E-state index in [1.165, 1.54) is 7.05 Å². The van der Waals surface area contributed by atoms with Gasteiger partial charge in [-0.25, -0.2) is 13.1 Å². The smallest absolute Gasteiger partial charge is 0.215 e. The van der Waals surface area contributed by atoms with E-state index in [1.54, 1.807) is 6.20 Å². The van der Waals surface area contributed by atoms with Crippen LogP contribution in [0.15, 0.2) is 30.5 Å². The summed E-state index contributed by atoms with van der Waals surface area (Å²) in [7, 11) is -1.79. The van der Waals surface area contributed by atoms with Gasteiger partial charge in [-0.15, -0.1) is 0 Å². The Hall–Kier alpha value is -1.33. The fourth-order valence-corrected chi connectivity index (χ4v) is 2.34. The van der Waals surface area contributed by atoms with Gasteiger partial charge in [0.25, 0.3) is 0 Å². The lowest BCUT2D eigenvalue weighted by molar-refractivity contribution is 0.587. The molecular formula is C10H12N2O2S. The van der Waals surface area contributed by atoms with E-state index in [0.717, 1.165) is 16.5 Å². The second-order valence-corrected chi connectivity index (χ2v) is 5.25. The van der Waals surface area contributed by atoms with E-state index < -0.39 is 10.0 Å². The number of hydrogen-bond acceptors (Lipinski definition) is 2. The van der Waals surface area contributed by atoms with E-state index in [2.05, 4.69) is 9.71 Å². The number of rotatable bonds is 3. The monoisotopic (exact) mass is 224 g/mol. The van der Waals surface area contributed by atoms with Crippen LogP contribution in [-0.2, 0) is 15.8 Å². The first-order valence-electron chi connectivity index (χ1n) is 4.58. The number of nitrogens with one attached hydrogen (secondary N) is 2. The molecule has 0 radical (unpaired) electrons. The maximum Gasteiger partial charge on any atom is 0.215 e. The van der Waals surface area contributed by atoms with Crippen molar-refractivity contribution in [3.8, 4) is 0 Å². The van der Waals surface area contributed by atoms with Crippen molar-refractivity contribution in [2.24, 2.45) is 0 Å². The van der Waals surface area contributed by atoms with Crippen LogP contribution in [0.1, 0.15) is 5.56 Å². The molecule has 0 spiro atoms. The number of H-pyrrole nitrogens is 1. The molecule has 0 saturated heterocycles. The number of fused-ring (bicyclic) bond motifs is 1. The molecule has 0 fully saturated rings. The van der Waals surface area contributed by atoms with Gasteiger partial charge in [0.15, 0.2) is 0 Å². The summed E-state index contributed by atoms with van der Waals surface area (Å²) in [5.74, 6) is 0.00134. The minimum Gasteiger partial charge on any atom is -0.361 e. The van der Waals surface area contributed by atoms with E-state index in [1.807, 2.05) is 24.3 Å². The molecule has 15 heavy (non-hydrogen) atoms. The van der Waals surface area contributed by atoms with E-state index in [4.69, 9.17) is 0 Å². The summed E-state index contributed by atoms with van der Waals surface area (Å²) in [6, 6.07) is 7.54. The molecule has 0 bridgehead atoms. The lowest BCUT2D eigenvalue weighted by Crippen LogP contribution is -2.20. The lowest BCUT2D eigenvalue weighted by atomic mass is 10.2. The van der Waals surface area contributed by atoms with Crippen molar-refractivity contribution in [1.29, 1.82) is 0 Å². The van der Waals surface area contributed by atoms with Gasteiger partial charge in [0.1, 0.15) is 0 Å². The highest BCUT2D eigenvalue weighted by Crippen LogP contribution is 2.18. The maximum absolute atomic E-state index is 11.4. The topological polar surface area (TPSA) is 62.0 Å². The molecule has 1 aromatic carbocycles. The largest absolute Gasteiger partial charge is 0.361 e. The Morgan fingerprint density at radius 2 is 2.13 bits per heavy atom. The molecule has 4 nitrogen and oxygen atoms in total. The van der Waals surface area contributed by atoms with Crippen LogP contribution in [0, 0.1) is 0 Å². The highest BCUT2D eigenvalue weighted by atomic mass is 32.2. The van der Waals surface area contributed by atoms with Gasteiger partial charge in [0.2, 0.25) is 10.0 Å². The molecule has 2 rings (SSSR count). The summed E-state index contributed by atoms with van der Waals surface area (Å²) in [6.45, 7) is 0. The van der Waals surface area contributed by atoms with Crippen molar-refractivity contribution in [2.75, 3.05) is 7.05 Å². The highest BCUT2D eigenvalue weighted by molar-refractivity contribution is 7.88. The number of sulfonamides is 1. The number of para-hydroxylation sites is 1. The molecule has 2 aromatic rings. The number of aromatic nitrogens is 1. The van der Waals surface area contributed by atoms with E-state index in [9.17, 15) is 8.42 Å². The predicted molar refractivity (Wildman–Crippen MR) is 60.0 cm³/mol. The zero-order chi connectivity index (χ0) is 10.9. The Bertz CT molecular complexity index is 572. The molecule has 1 aromatic heterocycles. The Balaban J connectivity index is 2.48. The van der Waals surface area contributed by atoms with Gasteiger partial charge in [0.05, 0.1) is 5.75 Å². The van der Waals surface area contributed by atoms with Crippen molar-refractivity contribution in [3.05, 3.63) is 36.0 Å². The van der Waals surface area contributed by atoms with Gasteiger partial charge < -0.3 is 4.98 Å². The minimum absolute atomic E-state index is 0.00134. The van der Waals surface area contributed by atoms with Gasteiger partial charge in [-0.3, -0.25) is 0 Å². The summed E-state index contributed by atoms with van der Waals surface area (Å²) in [5, 5.41) is 1.03. The first-order chi connectivity index (χ1) is 7.12. The van der Waals surface area contributed by atoms with Crippen LogP contribution in [0.5, 0.6) is 0 Å². The Labute approximate surface area is 88.4 Å². The van der Waals surface area contributed by atoms with Crippen molar-refractivity contribution >= 4 is 20.9 Å². The maximum atomic E-state index is 11.4. The van der Waals surface area contributed by atoms with Crippen molar-refractivity contribution < 1.29 is 8.42 Å². The van der Waals surface area contributed by atoms with Crippen molar-refractivity contribution in [2.45, 2.75) is 5.75 Å². The zero-order valence-electron chi connectivity index (χ0n) is 8.32. The van der Waals surface area contributed by atoms with Crippen LogP contribution >= 0.6 is 0 Å². The van der Waals surface area contributed by atoms with Crippen molar-refractivity contribution in [3.63, 3.8) is 0 Å². The second-order valence-electron chi connectivity index (χ2n) is 3.32. The Kier molecular flexibility index (Phi) is 2.50. The summed E-state index contributed by atoms with van der Waals surface area (Å²) >= 11 is 0. The van der Waals surface area contributed by atoms with Gasteiger partial charge in [0, 0.05) is 11.7 Å². The van der Waals surface area contributed by atoms with Crippen molar-refractivity contribution in [1.82, 2.24) is 9.71 Å². The van der Waals surface area contributed by atoms with Crippen LogP contribution < -0.4 is 4.72 Å². The van der Waals surface area contributed by atoms with Crippen LogP contribution in [-0.4, -0.2) is 20.4 Å². The SMILES string of the molecule is CNS(=O)(=O)Cc1cccc2cc[nH]c12. The van der Waals surface area contributed by atoms with E-state index in [0.29, 0.717) is 0 Å². The quantitative estimate of drug-likeness (QED) is 0.823. The average Bonchev–Trinajstić information content (AvgIpc) is 2.66. The molecule has 0 amide bonds. The van der Waals surface area contributed by atoms with Crippen LogP contribution in [0.3, 0.4) is 0 Å². The summed E-state index contributed by atoms with van der Waals surface area (Å²) < 4.78 is 25.1. The van der Waals surface area contributed by atoms with Gasteiger partial charge in [-0.05, 0) is 24.1 Å². The molecule has 80 valence electrons. The summed E-state index contributed by atoms with van der Waals surface area (Å²) in [4.78, 5) is 3.04. The third-order valence-corrected chi connectivity index (χ3v) is 3.64. The molecule has 0 unspecified atom stereocenters. The fourth-order valence-electron chi connectivity index (χ4n) is 1.55. The molecule has 1 heterocycles. The summed E-state index contributed by atoms with van der Waals surface area (Å²) in [6.07, 6.45) is 1.81. The molecule has 2 N–H and O–H groups in total. The predicted octanol–water partition coefficient (Wildman–Crippen LogP) is 1.22. The van der Waals surface area contributed by atoms with E-state index in [-0.39, 0.29) is 5.75 Å². The molecule has 0 atom stereocenters. The fraction of sp³-hybridized carbons (Fsp3) is 0.200. The molecule has 0 aliphatic carbocycles. The normalized spacial score (nSPS) is 12.1. The number of benzene rings is 1. The van der Waals surface area contributed by atoms with Crippen LogP contribution in [0.25, 0.3) is 10.9 Å². The molecule has 0 aliphatic heterocycles. The minimum atomic E-state index is -3.21. The van der Waals surface area contributed by atoms with Crippen LogP contribution in [0.2, 0.25) is 0 Å². The molecule has 0 saturated carbocycles. The van der Waals surface area contributed by atoms with Gasteiger partial charge in [-0.1, -0.05) is 18.2 Å². The Morgan fingerprint density at radius 1 is 1.33 bits per heavy atom. The molecule has 0 aliphatic rings. The summed E-state index contributed by atoms with van der Waals surface area (Å²) in [5.41, 5.74) is 1.67. The zero-order valence-corrected chi connectivity index (χ0v) is 9.14. The van der Waals surface area contributed by atoms with Gasteiger partial charge in [-0.2, -0.15) is 0 Å². The highest BCUT2D eigenvalue weighted by Gasteiger charge is 2.11. The lowest BCUT2D eigenvalue weighted by Gasteiger charge is -2.03. The number of hydrogen-bond donors (Lipinski definition) is 2. The first kappa shape index (κ1) is 10.2. The third kappa shape index (κ3) is 2.03. The standard InChI is InChI=1S/C10H12N2O2S/c1-11-15(13,14)7-9-4-2-3-8-5-6-12-10(8)9/h2-6,11-12H,7H2,1H3. The Morgan fingerprint density at radius 3 is 2.87 bits per heavy atom. The third-order valence-electron chi connectivity index (χ3n) is 2.33. The molecular weight excluding hydrogens is 212 g/mol. The average molecular weight is 224 g/mol. The molecule has 5 heteroatoms. The van der Waals surface area contributed by atoms with Crippen LogP contribution in [0.4, 0.5) is 0 Å².